The summed E-state index contributed by atoms with van der Waals surface area (Å²) < 4.78 is 36.5. The molecule has 0 bridgehead atoms. The quantitative estimate of drug-likeness (QED) is 0.811. The number of rotatable bonds is 3. The second-order valence-electron chi connectivity index (χ2n) is 4.82. The number of nitrogens with two attached hydrogens (primary N) is 1. The van der Waals surface area contributed by atoms with Crippen molar-refractivity contribution in [2.45, 2.75) is 31.2 Å². The predicted molar refractivity (Wildman–Crippen MR) is 70.9 cm³/mol. The van der Waals surface area contributed by atoms with E-state index in [-0.39, 0.29) is 34.6 Å². The summed E-state index contributed by atoms with van der Waals surface area (Å²) >= 11 is 0. The molecule has 0 saturated carbocycles. The Morgan fingerprint density at radius 2 is 2.05 bits per heavy atom. The molecule has 1 aliphatic heterocycles. The maximum absolute atomic E-state index is 12.7. The minimum atomic E-state index is -3.81. The van der Waals surface area contributed by atoms with E-state index >= 15 is 0 Å². The van der Waals surface area contributed by atoms with Gasteiger partial charge < -0.3 is 14.9 Å². The Morgan fingerprint density at radius 1 is 1.40 bits per heavy atom. The number of ether oxygens (including phenoxy) is 1. The molecule has 1 aromatic heterocycles. The molecule has 1 aromatic rings. The van der Waals surface area contributed by atoms with Crippen LogP contribution in [-0.2, 0) is 14.8 Å². The number of aryl methyl sites for hydroxylation is 2. The summed E-state index contributed by atoms with van der Waals surface area (Å²) in [7, 11) is -2.61. The van der Waals surface area contributed by atoms with Crippen molar-refractivity contribution in [1.82, 2.24) is 4.31 Å². The molecule has 0 radical (unpaired) electrons. The van der Waals surface area contributed by atoms with Gasteiger partial charge in [-0.05, 0) is 20.3 Å². The Bertz CT molecular complexity index is 635. The van der Waals surface area contributed by atoms with Crippen LogP contribution in [0.4, 0.5) is 0 Å². The van der Waals surface area contributed by atoms with E-state index in [9.17, 15) is 13.2 Å². The zero-order valence-electron chi connectivity index (χ0n) is 11.7. The average Bonchev–Trinajstić information content (AvgIpc) is 2.92. The third kappa shape index (κ3) is 2.34. The first-order valence-electron chi connectivity index (χ1n) is 6.23. The van der Waals surface area contributed by atoms with Crippen molar-refractivity contribution in [3.8, 4) is 0 Å². The van der Waals surface area contributed by atoms with Gasteiger partial charge in [0.25, 0.3) is 0 Å². The Morgan fingerprint density at radius 3 is 2.55 bits per heavy atom. The van der Waals surface area contributed by atoms with Gasteiger partial charge in [-0.25, -0.2) is 13.2 Å². The average molecular weight is 302 g/mol. The number of methoxy groups -OCH3 is 1. The Kier molecular flexibility index (Phi) is 3.90. The fourth-order valence-electron chi connectivity index (χ4n) is 2.41. The summed E-state index contributed by atoms with van der Waals surface area (Å²) in [5, 5.41) is 0. The predicted octanol–water partition coefficient (Wildman–Crippen LogP) is 0.405. The van der Waals surface area contributed by atoms with Gasteiger partial charge in [-0.3, -0.25) is 0 Å². The van der Waals surface area contributed by atoms with E-state index in [2.05, 4.69) is 4.74 Å². The zero-order chi connectivity index (χ0) is 15.1. The first-order chi connectivity index (χ1) is 9.28. The number of furan rings is 1. The van der Waals surface area contributed by atoms with Gasteiger partial charge in [0.2, 0.25) is 10.0 Å². The first-order valence-corrected chi connectivity index (χ1v) is 7.67. The second-order valence-corrected chi connectivity index (χ2v) is 6.70. The lowest BCUT2D eigenvalue weighted by Crippen LogP contribution is -2.33. The maximum atomic E-state index is 12.7. The SMILES string of the molecule is COC(=O)c1c(C)oc(C)c1S(=O)(=O)N1CCC(N)C1. The minimum absolute atomic E-state index is 0.0366. The topological polar surface area (TPSA) is 103 Å². The fourth-order valence-corrected chi connectivity index (χ4v) is 4.30. The molecule has 1 fully saturated rings. The van der Waals surface area contributed by atoms with Crippen LogP contribution in [0.2, 0.25) is 0 Å². The van der Waals surface area contributed by atoms with Crippen LogP contribution in [0.3, 0.4) is 0 Å². The molecule has 2 rings (SSSR count). The lowest BCUT2D eigenvalue weighted by molar-refractivity contribution is 0.0594. The summed E-state index contributed by atoms with van der Waals surface area (Å²) in [4.78, 5) is 11.7. The summed E-state index contributed by atoms with van der Waals surface area (Å²) in [6, 6.07) is -0.181. The zero-order valence-corrected chi connectivity index (χ0v) is 12.5. The normalized spacial score (nSPS) is 20.3. The highest BCUT2D eigenvalue weighted by molar-refractivity contribution is 7.89. The highest BCUT2D eigenvalue weighted by atomic mass is 32.2. The summed E-state index contributed by atoms with van der Waals surface area (Å²) in [5.41, 5.74) is 5.71. The molecule has 0 aromatic carbocycles. The van der Waals surface area contributed by atoms with E-state index in [1.165, 1.54) is 25.3 Å². The van der Waals surface area contributed by atoms with Gasteiger partial charge in [-0.15, -0.1) is 0 Å². The molecule has 0 aliphatic carbocycles. The van der Waals surface area contributed by atoms with Crippen molar-refractivity contribution in [2.24, 2.45) is 5.73 Å². The summed E-state index contributed by atoms with van der Waals surface area (Å²) in [6.45, 7) is 3.64. The van der Waals surface area contributed by atoms with Gasteiger partial charge in [0.05, 0.1) is 7.11 Å². The summed E-state index contributed by atoms with van der Waals surface area (Å²) in [6.07, 6.45) is 0.600. The minimum Gasteiger partial charge on any atom is -0.465 e. The summed E-state index contributed by atoms with van der Waals surface area (Å²) in [5.74, 6) is -0.304. The number of carbonyl (C=O) groups is 1. The van der Waals surface area contributed by atoms with Crippen molar-refractivity contribution in [3.63, 3.8) is 0 Å². The van der Waals surface area contributed by atoms with Crippen LogP contribution in [-0.4, -0.2) is 44.9 Å². The first kappa shape index (κ1) is 15.0. The third-order valence-electron chi connectivity index (χ3n) is 3.38. The number of nitrogens with zero attached hydrogens (tertiary/aromatic N) is 1. The van der Waals surface area contributed by atoms with Crippen LogP contribution in [0.5, 0.6) is 0 Å². The molecule has 8 heteroatoms. The van der Waals surface area contributed by atoms with Crippen LogP contribution < -0.4 is 5.73 Å². The monoisotopic (exact) mass is 302 g/mol. The van der Waals surface area contributed by atoms with Crippen LogP contribution >= 0.6 is 0 Å². The van der Waals surface area contributed by atoms with Gasteiger partial charge >= 0.3 is 5.97 Å². The van der Waals surface area contributed by atoms with Crippen LogP contribution in [0.25, 0.3) is 0 Å². The van der Waals surface area contributed by atoms with Gasteiger partial charge in [0.15, 0.2) is 0 Å². The molecule has 1 aliphatic rings. The molecule has 1 unspecified atom stereocenters. The fraction of sp³-hybridized carbons (Fsp3) is 0.583. The Balaban J connectivity index is 2.54. The molecule has 1 saturated heterocycles. The molecule has 2 N–H and O–H groups in total. The molecule has 0 amide bonds. The smallest absolute Gasteiger partial charge is 0.342 e. The number of esters is 1. The lowest BCUT2D eigenvalue weighted by Gasteiger charge is -2.16. The molecular weight excluding hydrogens is 284 g/mol. The van der Waals surface area contributed by atoms with Crippen molar-refractivity contribution >= 4 is 16.0 Å². The van der Waals surface area contributed by atoms with Gasteiger partial charge in [-0.2, -0.15) is 4.31 Å². The number of sulfonamides is 1. The van der Waals surface area contributed by atoms with E-state index in [0.717, 1.165) is 0 Å². The molecule has 112 valence electrons. The maximum Gasteiger partial charge on any atom is 0.342 e. The molecule has 2 heterocycles. The second kappa shape index (κ2) is 5.19. The molecule has 0 spiro atoms. The highest BCUT2D eigenvalue weighted by Crippen LogP contribution is 2.31. The van der Waals surface area contributed by atoms with E-state index < -0.39 is 16.0 Å². The van der Waals surface area contributed by atoms with Crippen molar-refractivity contribution < 1.29 is 22.4 Å². The van der Waals surface area contributed by atoms with Crippen molar-refractivity contribution in [1.29, 1.82) is 0 Å². The van der Waals surface area contributed by atoms with Crippen molar-refractivity contribution in [2.75, 3.05) is 20.2 Å². The highest BCUT2D eigenvalue weighted by Gasteiger charge is 2.38. The van der Waals surface area contributed by atoms with E-state index in [1.54, 1.807) is 0 Å². The van der Waals surface area contributed by atoms with E-state index in [1.807, 2.05) is 0 Å². The molecule has 20 heavy (non-hydrogen) atoms. The molecule has 1 atom stereocenters. The van der Waals surface area contributed by atoms with Crippen LogP contribution in [0, 0.1) is 13.8 Å². The molecular formula is C12H18N2O5S. The largest absolute Gasteiger partial charge is 0.465 e. The number of carbonyl (C=O) groups excluding carboxylic acids is 1. The van der Waals surface area contributed by atoms with Gasteiger partial charge in [0.1, 0.15) is 22.0 Å². The Labute approximate surface area is 117 Å². The van der Waals surface area contributed by atoms with Crippen LogP contribution in [0.15, 0.2) is 9.31 Å². The van der Waals surface area contributed by atoms with Gasteiger partial charge in [-0.1, -0.05) is 0 Å². The Hall–Kier alpha value is -1.38. The van der Waals surface area contributed by atoms with Crippen LogP contribution in [0.1, 0.15) is 28.3 Å². The lowest BCUT2D eigenvalue weighted by atomic mass is 10.2. The van der Waals surface area contributed by atoms with Gasteiger partial charge in [0, 0.05) is 19.1 Å². The molecule has 7 nitrogen and oxygen atoms in total. The standard InChI is InChI=1S/C12H18N2O5S/c1-7-10(12(15)18-3)11(8(2)19-7)20(16,17)14-5-4-9(13)6-14/h9H,4-6,13H2,1-3H3. The number of hydrogen-bond acceptors (Lipinski definition) is 6. The van der Waals surface area contributed by atoms with Crippen molar-refractivity contribution in [3.05, 3.63) is 17.1 Å². The van der Waals surface area contributed by atoms with E-state index in [4.69, 9.17) is 10.2 Å². The number of hydrogen-bond donors (Lipinski definition) is 1. The third-order valence-corrected chi connectivity index (χ3v) is 5.40. The van der Waals surface area contributed by atoms with E-state index in [0.29, 0.717) is 13.0 Å².